The third kappa shape index (κ3) is 3.26. The van der Waals surface area contributed by atoms with Crippen LogP contribution in [-0.4, -0.2) is 23.3 Å². The summed E-state index contributed by atoms with van der Waals surface area (Å²) < 4.78 is 0. The Morgan fingerprint density at radius 3 is 1.69 bits per heavy atom. The maximum atomic E-state index is 10.9. The molecule has 16 heavy (non-hydrogen) atoms. The second-order valence-corrected chi connectivity index (χ2v) is 4.97. The van der Waals surface area contributed by atoms with E-state index in [-0.39, 0.29) is 11.8 Å². The fourth-order valence-electron chi connectivity index (χ4n) is 2.12. The van der Waals surface area contributed by atoms with Crippen molar-refractivity contribution in [2.75, 3.05) is 0 Å². The molecule has 0 bridgehead atoms. The lowest BCUT2D eigenvalue weighted by molar-refractivity contribution is -0.123. The highest BCUT2D eigenvalue weighted by molar-refractivity contribution is 6.08. The van der Waals surface area contributed by atoms with E-state index in [1.54, 1.807) is 0 Å². The molecule has 0 spiro atoms. The molecule has 0 amide bonds. The normalized spacial score (nSPS) is 33.5. The summed E-state index contributed by atoms with van der Waals surface area (Å²) in [6.45, 7) is 7.76. The first-order valence-electron chi connectivity index (χ1n) is 6.01. The first-order chi connectivity index (χ1) is 7.41. The van der Waals surface area contributed by atoms with Gasteiger partial charge in [-0.25, -0.2) is 0 Å². The number of carbonyl (C=O) groups excluding carboxylic acids is 2. The van der Waals surface area contributed by atoms with Crippen LogP contribution in [0, 0.1) is 11.8 Å². The summed E-state index contributed by atoms with van der Waals surface area (Å²) in [6, 6.07) is -0.0602. The van der Waals surface area contributed by atoms with Crippen molar-refractivity contribution in [3.63, 3.8) is 0 Å². The first kappa shape index (κ1) is 13.1. The molecular formula is C13H21NO2. The van der Waals surface area contributed by atoms with Crippen LogP contribution in [0.5, 0.6) is 0 Å². The molecule has 0 aromatic rings. The van der Waals surface area contributed by atoms with E-state index < -0.39 is 0 Å². The first-order valence-corrected chi connectivity index (χ1v) is 6.01. The van der Waals surface area contributed by atoms with Crippen LogP contribution in [0.25, 0.3) is 0 Å². The van der Waals surface area contributed by atoms with Gasteiger partial charge in [-0.1, -0.05) is 13.8 Å². The zero-order chi connectivity index (χ0) is 12.3. The van der Waals surface area contributed by atoms with Gasteiger partial charge in [0.15, 0.2) is 5.78 Å². The summed E-state index contributed by atoms with van der Waals surface area (Å²) >= 11 is 0. The zero-order valence-corrected chi connectivity index (χ0v) is 10.6. The number of carbonyl (C=O) groups is 2. The molecule has 0 aromatic heterocycles. The summed E-state index contributed by atoms with van der Waals surface area (Å²) in [6.07, 6.45) is 2.79. The van der Waals surface area contributed by atoms with E-state index in [2.05, 4.69) is 4.99 Å². The van der Waals surface area contributed by atoms with E-state index >= 15 is 0 Å². The van der Waals surface area contributed by atoms with Crippen molar-refractivity contribution >= 4 is 17.3 Å². The van der Waals surface area contributed by atoms with Crippen LogP contribution in [0.4, 0.5) is 0 Å². The highest BCUT2D eigenvalue weighted by Crippen LogP contribution is 2.25. The van der Waals surface area contributed by atoms with E-state index in [4.69, 9.17) is 0 Å². The molecule has 3 atom stereocenters. The van der Waals surface area contributed by atoms with Gasteiger partial charge in [-0.15, -0.1) is 0 Å². The van der Waals surface area contributed by atoms with Crippen molar-refractivity contribution in [3.05, 3.63) is 0 Å². The van der Waals surface area contributed by atoms with Crippen molar-refractivity contribution < 1.29 is 9.59 Å². The van der Waals surface area contributed by atoms with Crippen LogP contribution in [-0.2, 0) is 9.59 Å². The highest BCUT2D eigenvalue weighted by Gasteiger charge is 2.26. The molecule has 1 heterocycles. The molecule has 1 aliphatic heterocycles. The lowest BCUT2D eigenvalue weighted by Gasteiger charge is -1.96. The van der Waals surface area contributed by atoms with Gasteiger partial charge >= 0.3 is 0 Å². The van der Waals surface area contributed by atoms with Gasteiger partial charge in [-0.3, -0.25) is 14.6 Å². The number of Topliss-reactive ketones (excluding diaryl/α,β-unsaturated/α-hetero) is 2. The molecule has 1 saturated carbocycles. The predicted molar refractivity (Wildman–Crippen MR) is 64.8 cm³/mol. The quantitative estimate of drug-likeness (QED) is 0.633. The van der Waals surface area contributed by atoms with E-state index in [0.29, 0.717) is 24.0 Å². The minimum absolute atomic E-state index is 0.0602. The Hall–Kier alpha value is -0.990. The Morgan fingerprint density at radius 2 is 1.56 bits per heavy atom. The van der Waals surface area contributed by atoms with Gasteiger partial charge in [-0.05, 0) is 26.7 Å². The Balaban J connectivity index is 0.000000160. The Kier molecular flexibility index (Phi) is 4.39. The second kappa shape index (κ2) is 5.37. The van der Waals surface area contributed by atoms with Crippen molar-refractivity contribution in [2.24, 2.45) is 16.8 Å². The standard InChI is InChI=1S/C7H12O.C6H9NO/c1-5-3-4-6(2)7(5)8;1-4-3-6(8)5(2)7-4/h5-6H,3-4H2,1-2H3;5H,3H2,1-2H3/t5-,6+;. The monoisotopic (exact) mass is 223 g/mol. The summed E-state index contributed by atoms with van der Waals surface area (Å²) in [5.74, 6) is 1.42. The Bertz CT molecular complexity index is 308. The molecule has 90 valence electrons. The largest absolute Gasteiger partial charge is 0.299 e. The van der Waals surface area contributed by atoms with Crippen molar-refractivity contribution in [2.45, 2.75) is 53.0 Å². The number of aliphatic imine (C=N–C) groups is 1. The highest BCUT2D eigenvalue weighted by atomic mass is 16.1. The van der Waals surface area contributed by atoms with Crippen LogP contribution in [0.2, 0.25) is 0 Å². The smallest absolute Gasteiger partial charge is 0.162 e. The fourth-order valence-corrected chi connectivity index (χ4v) is 2.12. The molecule has 1 aliphatic carbocycles. The third-order valence-corrected chi connectivity index (χ3v) is 3.31. The number of nitrogens with zero attached hydrogens (tertiary/aromatic N) is 1. The van der Waals surface area contributed by atoms with Crippen LogP contribution in [0.3, 0.4) is 0 Å². The molecule has 1 unspecified atom stereocenters. The number of ketones is 2. The third-order valence-electron chi connectivity index (χ3n) is 3.31. The molecule has 0 aromatic carbocycles. The molecule has 2 rings (SSSR count). The fraction of sp³-hybridized carbons (Fsp3) is 0.769. The lowest BCUT2D eigenvalue weighted by Crippen LogP contribution is -2.07. The summed E-state index contributed by atoms with van der Waals surface area (Å²) in [5, 5.41) is 0. The summed E-state index contributed by atoms with van der Waals surface area (Å²) in [7, 11) is 0. The zero-order valence-electron chi connectivity index (χ0n) is 10.6. The van der Waals surface area contributed by atoms with Gasteiger partial charge in [0.25, 0.3) is 0 Å². The van der Waals surface area contributed by atoms with E-state index in [0.717, 1.165) is 18.6 Å². The maximum absolute atomic E-state index is 10.9. The minimum atomic E-state index is -0.0602. The molecule has 3 heteroatoms. The summed E-state index contributed by atoms with van der Waals surface area (Å²) in [4.78, 5) is 25.6. The molecule has 1 fully saturated rings. The number of hydrogen-bond acceptors (Lipinski definition) is 3. The SMILES string of the molecule is CC1=NC(C)C(=O)C1.C[C@@H]1CC[C@H](C)C1=O. The van der Waals surface area contributed by atoms with E-state index in [1.165, 1.54) is 0 Å². The van der Waals surface area contributed by atoms with Crippen LogP contribution < -0.4 is 0 Å². The molecular weight excluding hydrogens is 202 g/mol. The van der Waals surface area contributed by atoms with Crippen molar-refractivity contribution in [1.82, 2.24) is 0 Å². The van der Waals surface area contributed by atoms with Gasteiger partial charge in [0, 0.05) is 24.0 Å². The average molecular weight is 223 g/mol. The van der Waals surface area contributed by atoms with E-state index in [9.17, 15) is 9.59 Å². The van der Waals surface area contributed by atoms with Gasteiger partial charge in [0.2, 0.25) is 0 Å². The molecule has 0 saturated heterocycles. The van der Waals surface area contributed by atoms with Crippen molar-refractivity contribution in [1.29, 1.82) is 0 Å². The van der Waals surface area contributed by atoms with Crippen LogP contribution in [0.1, 0.15) is 47.0 Å². The molecule has 2 aliphatic rings. The summed E-state index contributed by atoms with van der Waals surface area (Å²) in [5.41, 5.74) is 0.975. The maximum Gasteiger partial charge on any atom is 0.162 e. The van der Waals surface area contributed by atoms with E-state index in [1.807, 2.05) is 27.7 Å². The number of hydrogen-bond donors (Lipinski definition) is 0. The van der Waals surface area contributed by atoms with Crippen molar-refractivity contribution in [3.8, 4) is 0 Å². The van der Waals surface area contributed by atoms with Crippen LogP contribution in [0.15, 0.2) is 4.99 Å². The van der Waals surface area contributed by atoms with Gasteiger partial charge in [0.05, 0.1) is 0 Å². The van der Waals surface area contributed by atoms with Gasteiger partial charge in [0.1, 0.15) is 11.8 Å². The Morgan fingerprint density at radius 1 is 1.06 bits per heavy atom. The van der Waals surface area contributed by atoms with Gasteiger partial charge in [-0.2, -0.15) is 0 Å². The predicted octanol–water partition coefficient (Wildman–Crippen LogP) is 2.43. The number of rotatable bonds is 0. The molecule has 3 nitrogen and oxygen atoms in total. The minimum Gasteiger partial charge on any atom is -0.299 e. The second-order valence-electron chi connectivity index (χ2n) is 4.97. The van der Waals surface area contributed by atoms with Crippen LogP contribution >= 0.6 is 0 Å². The molecule has 0 N–H and O–H groups in total. The average Bonchev–Trinajstić information content (AvgIpc) is 2.65. The Labute approximate surface area is 97.3 Å². The lowest BCUT2D eigenvalue weighted by atomic mass is 10.1. The topological polar surface area (TPSA) is 46.5 Å². The molecule has 0 radical (unpaired) electrons. The van der Waals surface area contributed by atoms with Gasteiger partial charge < -0.3 is 0 Å².